The van der Waals surface area contributed by atoms with Crippen molar-refractivity contribution < 1.29 is 28.7 Å². The Balaban J connectivity index is 1.08. The number of benzene rings is 5. The number of carbonyl (C=O) groups is 4. The molecule has 58 heavy (non-hydrogen) atoms. The summed E-state index contributed by atoms with van der Waals surface area (Å²) < 4.78 is 5.96. The lowest BCUT2D eigenvalue weighted by Crippen LogP contribution is -2.53. The standard InChI is InChI=1S/C48H40N4O6/c1-26-13-17-32(18-14-26)50-52-45(55)37-25-36-34(41(30-23-27(2)42(53)28(3)24-30)48(37,47(52)57)31-9-5-4-6-10-31)21-22-35-40(36)46(56)51(44(35)54)33-19-15-29(16-20-33)43-49-38-11-7-8-12-39(38)58-43/h4-21,23-24,35-37,40-41,50,53H,22,25H2,1-3H3/t35-,36+,37-,40-,41-,48+/m0/s1. The van der Waals surface area contributed by atoms with Gasteiger partial charge in [-0.05, 0) is 110 Å². The Morgan fingerprint density at radius 1 is 0.776 bits per heavy atom. The van der Waals surface area contributed by atoms with Gasteiger partial charge in [0.15, 0.2) is 5.58 Å². The molecule has 0 unspecified atom stereocenters. The van der Waals surface area contributed by atoms with Gasteiger partial charge >= 0.3 is 0 Å². The summed E-state index contributed by atoms with van der Waals surface area (Å²) in [7, 11) is 0. The van der Waals surface area contributed by atoms with Crippen molar-refractivity contribution in [3.63, 3.8) is 0 Å². The second-order valence-electron chi connectivity index (χ2n) is 16.1. The van der Waals surface area contributed by atoms with E-state index in [-0.39, 0.29) is 24.0 Å². The number of phenols is 1. The first-order valence-corrected chi connectivity index (χ1v) is 19.7. The van der Waals surface area contributed by atoms with Gasteiger partial charge in [0.1, 0.15) is 11.3 Å². The SMILES string of the molecule is Cc1ccc(NN2C(=O)[C@@H]3C[C@@H]4C(=CC[C@@H]5C(=O)N(c6ccc(-c7nc8ccccc8o7)cc6)C(=O)[C@@H]54)[C@H](c4cc(C)c(O)c(C)c4)[C@]3(c3ccccc3)C2=O)cc1. The fourth-order valence-electron chi connectivity index (χ4n) is 10.3. The van der Waals surface area contributed by atoms with Crippen LogP contribution in [-0.2, 0) is 24.6 Å². The second kappa shape index (κ2) is 13.1. The summed E-state index contributed by atoms with van der Waals surface area (Å²) in [6.07, 6.45) is 2.54. The molecular formula is C48H40N4O6. The highest BCUT2D eigenvalue weighted by Gasteiger charge is 2.70. The van der Waals surface area contributed by atoms with Crippen LogP contribution in [0.25, 0.3) is 22.6 Å². The van der Waals surface area contributed by atoms with E-state index in [1.165, 1.54) is 4.90 Å². The summed E-state index contributed by atoms with van der Waals surface area (Å²) in [5.41, 5.74) is 9.52. The number of phenolic OH excluding ortho intramolecular Hbond substituents is 1. The molecule has 1 aromatic heterocycles. The Morgan fingerprint density at radius 2 is 1.47 bits per heavy atom. The van der Waals surface area contributed by atoms with Gasteiger partial charge < -0.3 is 9.52 Å². The topological polar surface area (TPSA) is 133 Å². The number of aryl methyl sites for hydroxylation is 3. The van der Waals surface area contributed by atoms with Crippen LogP contribution < -0.4 is 10.3 Å². The van der Waals surface area contributed by atoms with Crippen LogP contribution in [-0.4, -0.2) is 38.7 Å². The average Bonchev–Trinajstić information content (AvgIpc) is 3.85. The van der Waals surface area contributed by atoms with Crippen molar-refractivity contribution in [3.05, 3.63) is 155 Å². The first-order valence-electron chi connectivity index (χ1n) is 19.7. The van der Waals surface area contributed by atoms with Crippen molar-refractivity contribution in [1.82, 2.24) is 9.99 Å². The summed E-state index contributed by atoms with van der Waals surface area (Å²) >= 11 is 0. The Morgan fingerprint density at radius 3 is 2.17 bits per heavy atom. The maximum absolute atomic E-state index is 15.4. The van der Waals surface area contributed by atoms with E-state index in [2.05, 4.69) is 10.4 Å². The minimum Gasteiger partial charge on any atom is -0.507 e. The lowest BCUT2D eigenvalue weighted by molar-refractivity contribution is -0.138. The molecule has 3 heterocycles. The van der Waals surface area contributed by atoms with E-state index in [1.807, 2.05) is 118 Å². The van der Waals surface area contributed by atoms with Crippen LogP contribution in [0.5, 0.6) is 5.75 Å². The normalized spacial score (nSPS) is 25.2. The lowest BCUT2D eigenvalue weighted by Gasteiger charge is -2.50. The predicted molar refractivity (Wildman–Crippen MR) is 218 cm³/mol. The summed E-state index contributed by atoms with van der Waals surface area (Å²) in [6, 6.07) is 35.3. The largest absolute Gasteiger partial charge is 0.507 e. The van der Waals surface area contributed by atoms with Gasteiger partial charge in [-0.15, -0.1) is 0 Å². The number of allylic oxidation sites excluding steroid dienone is 2. The molecular weight excluding hydrogens is 729 g/mol. The van der Waals surface area contributed by atoms with Crippen LogP contribution in [0.15, 0.2) is 131 Å². The molecule has 2 saturated heterocycles. The number of hydrazine groups is 1. The first-order chi connectivity index (χ1) is 28.1. The third kappa shape index (κ3) is 5.13. The van der Waals surface area contributed by atoms with Crippen LogP contribution in [0, 0.1) is 44.4 Å². The van der Waals surface area contributed by atoms with E-state index in [9.17, 15) is 19.5 Å². The smallest absolute Gasteiger partial charge is 0.260 e. The van der Waals surface area contributed by atoms with Crippen molar-refractivity contribution in [2.45, 2.75) is 44.9 Å². The maximum atomic E-state index is 15.4. The molecule has 3 fully saturated rings. The van der Waals surface area contributed by atoms with Crippen molar-refractivity contribution in [2.24, 2.45) is 23.7 Å². The number of para-hydroxylation sites is 2. The number of hydrogen-bond acceptors (Lipinski definition) is 8. The summed E-state index contributed by atoms with van der Waals surface area (Å²) in [5, 5.41) is 12.1. The summed E-state index contributed by atoms with van der Waals surface area (Å²) in [6.45, 7) is 5.61. The molecule has 0 radical (unpaired) electrons. The zero-order valence-corrected chi connectivity index (χ0v) is 32.2. The first kappa shape index (κ1) is 35.6. The van der Waals surface area contributed by atoms with Crippen LogP contribution in [0.3, 0.4) is 0 Å². The molecule has 0 spiro atoms. The summed E-state index contributed by atoms with van der Waals surface area (Å²) in [4.78, 5) is 65.5. The molecule has 4 aliphatic rings. The van der Waals surface area contributed by atoms with Gasteiger partial charge in [-0.1, -0.05) is 83.9 Å². The Labute approximate surface area is 334 Å². The molecule has 10 rings (SSSR count). The van der Waals surface area contributed by atoms with Gasteiger partial charge in [0.2, 0.25) is 17.7 Å². The molecule has 0 bridgehead atoms. The van der Waals surface area contributed by atoms with Gasteiger partial charge in [0.05, 0.1) is 34.5 Å². The van der Waals surface area contributed by atoms with E-state index >= 15 is 4.79 Å². The zero-order valence-electron chi connectivity index (χ0n) is 32.2. The minimum absolute atomic E-state index is 0.157. The van der Waals surface area contributed by atoms with E-state index < -0.39 is 46.8 Å². The molecule has 10 heteroatoms. The van der Waals surface area contributed by atoms with Gasteiger partial charge in [0.25, 0.3) is 11.8 Å². The van der Waals surface area contributed by atoms with E-state index in [0.29, 0.717) is 51.5 Å². The molecule has 5 aromatic carbocycles. The molecule has 4 amide bonds. The highest BCUT2D eigenvalue weighted by Crippen LogP contribution is 2.64. The number of rotatable bonds is 6. The number of imide groups is 2. The van der Waals surface area contributed by atoms with E-state index in [0.717, 1.165) is 27.2 Å². The third-order valence-corrected chi connectivity index (χ3v) is 12.9. The molecule has 288 valence electrons. The number of oxazole rings is 1. The molecule has 2 aliphatic heterocycles. The molecule has 6 atom stereocenters. The second-order valence-corrected chi connectivity index (χ2v) is 16.1. The highest BCUT2D eigenvalue weighted by molar-refractivity contribution is 6.22. The number of nitrogens with zero attached hydrogens (tertiary/aromatic N) is 3. The summed E-state index contributed by atoms with van der Waals surface area (Å²) in [5.74, 6) is -4.27. The lowest BCUT2D eigenvalue weighted by atomic mass is 9.49. The highest BCUT2D eigenvalue weighted by atomic mass is 16.3. The zero-order chi connectivity index (χ0) is 40.0. The molecule has 10 nitrogen and oxygen atoms in total. The number of aromatic hydroxyl groups is 1. The van der Waals surface area contributed by atoms with Crippen LogP contribution >= 0.6 is 0 Å². The fourth-order valence-corrected chi connectivity index (χ4v) is 10.3. The number of carbonyl (C=O) groups excluding carboxylic acids is 4. The number of aromatic nitrogens is 1. The van der Waals surface area contributed by atoms with E-state index in [1.54, 1.807) is 24.3 Å². The van der Waals surface area contributed by atoms with Crippen molar-refractivity contribution >= 4 is 46.1 Å². The van der Waals surface area contributed by atoms with Gasteiger partial charge in [0, 0.05) is 11.5 Å². The van der Waals surface area contributed by atoms with Crippen LogP contribution in [0.2, 0.25) is 0 Å². The third-order valence-electron chi connectivity index (χ3n) is 12.9. The van der Waals surface area contributed by atoms with E-state index in [4.69, 9.17) is 4.42 Å². The molecule has 1 saturated carbocycles. The quantitative estimate of drug-likeness (QED) is 0.128. The number of fused-ring (bicyclic) bond motifs is 5. The monoisotopic (exact) mass is 768 g/mol. The maximum Gasteiger partial charge on any atom is 0.260 e. The number of hydrogen-bond donors (Lipinski definition) is 2. The Bertz CT molecular complexity index is 2660. The molecule has 2 N–H and O–H groups in total. The number of amides is 4. The predicted octanol–water partition coefficient (Wildman–Crippen LogP) is 8.32. The van der Waals surface area contributed by atoms with Crippen LogP contribution in [0.4, 0.5) is 11.4 Å². The Kier molecular flexibility index (Phi) is 8.05. The Hall–Kier alpha value is -6.81. The van der Waals surface area contributed by atoms with Crippen molar-refractivity contribution in [1.29, 1.82) is 0 Å². The average molecular weight is 769 g/mol. The number of nitrogens with one attached hydrogen (secondary N) is 1. The molecule has 6 aromatic rings. The van der Waals surface area contributed by atoms with Crippen molar-refractivity contribution in [3.8, 4) is 17.2 Å². The minimum atomic E-state index is -1.40. The van der Waals surface area contributed by atoms with Gasteiger partial charge in [-0.25, -0.2) is 4.98 Å². The number of anilines is 2. The van der Waals surface area contributed by atoms with Gasteiger partial charge in [-0.3, -0.25) is 29.5 Å². The van der Waals surface area contributed by atoms with Crippen molar-refractivity contribution in [2.75, 3.05) is 10.3 Å². The van der Waals surface area contributed by atoms with Gasteiger partial charge in [-0.2, -0.15) is 5.01 Å². The molecule has 2 aliphatic carbocycles. The van der Waals surface area contributed by atoms with Crippen LogP contribution in [0.1, 0.15) is 46.6 Å². The fraction of sp³-hybridized carbons (Fsp3) is 0.229.